The molecule has 1 saturated heterocycles. The van der Waals surface area contributed by atoms with Gasteiger partial charge in [0.2, 0.25) is 23.6 Å². The molecule has 2 heterocycles. The molecule has 1 aromatic carbocycles. The minimum Gasteiger partial charge on any atom is -0.756 e. The van der Waals surface area contributed by atoms with E-state index < -0.39 is 86.7 Å². The maximum absolute atomic E-state index is 14.2. The molecule has 1 aromatic heterocycles. The molecule has 1 aliphatic rings. The zero-order valence-corrected chi connectivity index (χ0v) is 77.3. The van der Waals surface area contributed by atoms with Crippen LogP contribution < -0.4 is 26.2 Å². The first-order valence-electron chi connectivity index (χ1n) is 40.6. The highest BCUT2D eigenvalue weighted by atomic mass is 32.2. The fraction of sp³-hybridized carbons (Fsp3) is 0.797. The summed E-state index contributed by atoms with van der Waals surface area (Å²) in [7, 11) is 0.0474. The minimum atomic E-state index is -4.64. The van der Waals surface area contributed by atoms with Gasteiger partial charge in [-0.15, -0.1) is 5.10 Å². The van der Waals surface area contributed by atoms with E-state index in [0.717, 1.165) is 80.5 Å². The number of phosphoric ester groups is 1. The molecule has 4 amide bonds. The Morgan fingerprint density at radius 1 is 0.624 bits per heavy atom. The number of rotatable bonds is 60. The molecule has 0 spiro atoms. The van der Waals surface area contributed by atoms with Crippen LogP contribution >= 0.6 is 58.3 Å². The Morgan fingerprint density at radius 3 is 1.66 bits per heavy atom. The van der Waals surface area contributed by atoms with Crippen molar-refractivity contribution in [2.24, 2.45) is 32.5 Å². The van der Waals surface area contributed by atoms with E-state index in [1.807, 2.05) is 52.3 Å². The van der Waals surface area contributed by atoms with Crippen LogP contribution in [0.5, 0.6) is 0 Å². The SMILES string of the molecule is CCC(C)(CC(C)(CC(C)(C)C(=O)NCCC[N+](C)(C)OCCS(=O)(=O)[O-])C(=O)OCCNC(=O)CCCCC(S)CCS)C(=O)OCCO.CCC(C)(CC(C)(CC(C)(C)C(=O)OCCOP(=O)([O-])OCC[N+](C)(C)C)C(=O)OCCNC(=O)CCCCC(S)CCS)C(=O)NCc1ccc(-n2cc(COC3CCCCO3)nn2)cc1. The number of hydrogen-bond donors (Lipinski definition) is 9. The molecule has 8 unspecified atom stereocenters. The first-order chi connectivity index (χ1) is 54.6. The van der Waals surface area contributed by atoms with E-state index in [2.05, 4.69) is 82.1 Å². The Kier molecular flexibility index (Phi) is 49.4. The van der Waals surface area contributed by atoms with Gasteiger partial charge in [-0.25, -0.2) is 17.9 Å². The lowest BCUT2D eigenvalue weighted by molar-refractivity contribution is -1.08. The number of quaternary nitrogens is 2. The third kappa shape index (κ3) is 44.8. The number of unbranched alkanes of at least 4 members (excludes halogenated alkanes) is 2. The van der Waals surface area contributed by atoms with E-state index >= 15 is 0 Å². The van der Waals surface area contributed by atoms with Crippen molar-refractivity contribution in [2.45, 2.75) is 228 Å². The highest BCUT2D eigenvalue weighted by molar-refractivity contribution is 7.85. The van der Waals surface area contributed by atoms with Gasteiger partial charge in [0, 0.05) is 60.3 Å². The van der Waals surface area contributed by atoms with E-state index in [1.54, 1.807) is 87.3 Å². The Labute approximate surface area is 717 Å². The number of nitrogens with one attached hydrogen (secondary N) is 4. The summed E-state index contributed by atoms with van der Waals surface area (Å²) in [5.41, 5.74) is -5.07. The number of aliphatic hydroxyl groups excluding tert-OH is 1. The van der Waals surface area contributed by atoms with Crippen molar-refractivity contribution in [3.63, 3.8) is 0 Å². The number of ether oxygens (including phenoxy) is 6. The van der Waals surface area contributed by atoms with Crippen LogP contribution in [0.1, 0.15) is 209 Å². The monoisotopic (exact) mass is 1770 g/mol. The summed E-state index contributed by atoms with van der Waals surface area (Å²) in [5.74, 6) is -2.62. The lowest BCUT2D eigenvalue weighted by Crippen LogP contribution is -2.47. The average molecular weight is 1780 g/mol. The molecular formula is C79H140N9O23PS5. The number of carbonyl (C=O) groups excluding carboxylic acids is 8. The maximum atomic E-state index is 14.2. The number of aliphatic hydroxyl groups is 1. The topological polar surface area (TPSA) is 416 Å². The first-order valence-corrected chi connectivity index (χ1v) is 45.9. The van der Waals surface area contributed by atoms with Crippen molar-refractivity contribution in [1.82, 2.24) is 36.3 Å². The zero-order valence-electron chi connectivity index (χ0n) is 72.0. The number of nitrogens with zero attached hydrogens (tertiary/aromatic N) is 5. The highest BCUT2D eigenvalue weighted by Crippen LogP contribution is 2.48. The second-order valence-electron chi connectivity index (χ2n) is 34.0. The van der Waals surface area contributed by atoms with E-state index in [4.69, 9.17) is 42.3 Å². The molecule has 1 fully saturated rings. The average Bonchev–Trinajstić information content (AvgIpc) is 1.12. The van der Waals surface area contributed by atoms with Crippen LogP contribution in [0.4, 0.5) is 0 Å². The van der Waals surface area contributed by atoms with Crippen LogP contribution in [-0.4, -0.2) is 251 Å². The summed E-state index contributed by atoms with van der Waals surface area (Å²) in [6.07, 6.45) is 13.0. The molecule has 3 rings (SSSR count). The number of aromatic nitrogens is 3. The van der Waals surface area contributed by atoms with Gasteiger partial charge in [0.25, 0.3) is 7.82 Å². The molecule has 38 heteroatoms. The summed E-state index contributed by atoms with van der Waals surface area (Å²) >= 11 is 17.5. The molecule has 0 radical (unpaired) electrons. The van der Waals surface area contributed by atoms with Gasteiger partial charge < -0.3 is 77.8 Å². The van der Waals surface area contributed by atoms with Gasteiger partial charge in [-0.2, -0.15) is 55.2 Å². The van der Waals surface area contributed by atoms with Crippen molar-refractivity contribution in [1.29, 1.82) is 0 Å². The molecule has 5 N–H and O–H groups in total. The predicted molar refractivity (Wildman–Crippen MR) is 455 cm³/mol. The number of benzene rings is 1. The van der Waals surface area contributed by atoms with E-state index in [9.17, 15) is 65.9 Å². The van der Waals surface area contributed by atoms with Crippen LogP contribution in [0.2, 0.25) is 0 Å². The quantitative estimate of drug-likeness (QED) is 0.00438. The molecule has 674 valence electrons. The lowest BCUT2D eigenvalue weighted by Gasteiger charge is -2.40. The first kappa shape index (κ1) is 108. The van der Waals surface area contributed by atoms with Crippen LogP contribution in [0, 0.1) is 32.5 Å². The number of likely N-dealkylation sites (N-methyl/N-ethyl adjacent to an activating group) is 1. The van der Waals surface area contributed by atoms with Crippen molar-refractivity contribution < 1.29 is 117 Å². The van der Waals surface area contributed by atoms with Crippen molar-refractivity contribution >= 4 is 116 Å². The molecule has 2 aromatic rings. The van der Waals surface area contributed by atoms with Crippen LogP contribution in [0.15, 0.2) is 30.5 Å². The maximum Gasteiger partial charge on any atom is 0.311 e. The molecule has 117 heavy (non-hydrogen) atoms. The Balaban J connectivity index is 0.000000830. The summed E-state index contributed by atoms with van der Waals surface area (Å²) in [5, 5.41) is 29.6. The molecular weight excluding hydrogens is 1630 g/mol. The van der Waals surface area contributed by atoms with Gasteiger partial charge in [-0.3, -0.25) is 42.9 Å². The highest BCUT2D eigenvalue weighted by Gasteiger charge is 2.51. The second-order valence-corrected chi connectivity index (χ2v) is 39.2. The number of amides is 4. The second kappa shape index (κ2) is 53.4. The van der Waals surface area contributed by atoms with Gasteiger partial charge in [-0.1, -0.05) is 64.8 Å². The molecule has 8 atom stereocenters. The van der Waals surface area contributed by atoms with Crippen molar-refractivity contribution in [3.8, 4) is 5.69 Å². The number of hydrogen-bond acceptors (Lipinski definition) is 29. The fourth-order valence-corrected chi connectivity index (χ4v) is 15.9. The zero-order chi connectivity index (χ0) is 88.4. The summed E-state index contributed by atoms with van der Waals surface area (Å²) in [6, 6.07) is 7.50. The number of esters is 4. The summed E-state index contributed by atoms with van der Waals surface area (Å²) in [6.45, 7) is 17.5. The van der Waals surface area contributed by atoms with Crippen molar-refractivity contribution in [3.05, 3.63) is 41.7 Å². The van der Waals surface area contributed by atoms with E-state index in [1.165, 1.54) is 0 Å². The number of hydroxylamine groups is 3. The van der Waals surface area contributed by atoms with Crippen LogP contribution in [0.3, 0.4) is 0 Å². The number of carbonyl (C=O) groups is 8. The van der Waals surface area contributed by atoms with Gasteiger partial charge in [0.1, 0.15) is 58.4 Å². The Morgan fingerprint density at radius 2 is 1.15 bits per heavy atom. The van der Waals surface area contributed by atoms with Crippen molar-refractivity contribution in [2.75, 3.05) is 145 Å². The summed E-state index contributed by atoms with van der Waals surface area (Å²) < 4.78 is 90.3. The molecule has 32 nitrogen and oxygen atoms in total. The standard InChI is InChI=1S/C46H77N6O12PS2.C33H63N3O11S3/c1-9-45(4,41(54)48-30-35-17-19-37(20-18-35)51-31-36(49-50-51)32-62-40-16-12-13-24-59-40)34-46(5,43(56)60-25-22-47-39(53)15-11-10-14-38(67)21-29-66)33-44(2,3)42(55)61-27-28-64-65(57,58)63-26-23-52(6,7)8;1-8-32(4,29(40)46-20-18-37)25-33(5,30(41)45-19-16-34-27(38)13-10-9-12-26(49)14-22-48)24-31(2,3)28(39)35-15-11-17-36(6,7)47-21-23-50(42,43)44/h17-20,31,38,40H,9-16,21-30,32-34H2,1-8H3,(H4-,47,48,53,54,57,58,66,67);26,37H,8-25H2,1-7H3,(H4-,34,35,38,39,42,43,44,48,49). The number of phosphoric acid groups is 1. The predicted octanol–water partition coefficient (Wildman–Crippen LogP) is 8.39. The third-order valence-electron chi connectivity index (χ3n) is 20.2. The largest absolute Gasteiger partial charge is 0.756 e. The van der Waals surface area contributed by atoms with E-state index in [-0.39, 0.29) is 150 Å². The number of thiol groups is 4. The van der Waals surface area contributed by atoms with Crippen LogP contribution in [-0.2, 0) is 108 Å². The molecule has 0 bridgehead atoms. The van der Waals surface area contributed by atoms with E-state index in [0.29, 0.717) is 74.8 Å². The Bertz CT molecular complexity index is 3500. The normalized spacial score (nSPS) is 16.6. The van der Waals surface area contributed by atoms with Gasteiger partial charge >= 0.3 is 23.9 Å². The van der Waals surface area contributed by atoms with Gasteiger partial charge in [0.05, 0.1) is 118 Å². The molecule has 0 aliphatic carbocycles. The molecule has 0 saturated carbocycles. The van der Waals surface area contributed by atoms with Crippen LogP contribution in [0.25, 0.3) is 5.69 Å². The summed E-state index contributed by atoms with van der Waals surface area (Å²) in [4.78, 5) is 125. The smallest absolute Gasteiger partial charge is 0.311 e. The minimum absolute atomic E-state index is 0.000834. The molecule has 1 aliphatic heterocycles. The Hall–Kier alpha value is -4.70. The third-order valence-corrected chi connectivity index (χ3v) is 23.4. The fourth-order valence-electron chi connectivity index (χ4n) is 13.3. The lowest BCUT2D eigenvalue weighted by atomic mass is 9.64. The van der Waals surface area contributed by atoms with Gasteiger partial charge in [-0.05, 0) is 160 Å². The van der Waals surface area contributed by atoms with Gasteiger partial charge in [0.15, 0.2) is 6.29 Å².